The monoisotopic (exact) mass is 370 g/mol. The summed E-state index contributed by atoms with van der Waals surface area (Å²) >= 11 is 0. The summed E-state index contributed by atoms with van der Waals surface area (Å²) in [6, 6.07) is 0. The molecule has 1 aliphatic carbocycles. The lowest BCUT2D eigenvalue weighted by atomic mass is 9.83. The van der Waals surface area contributed by atoms with Crippen LogP contribution in [-0.4, -0.2) is 33.5 Å². The Balaban J connectivity index is 3.03. The van der Waals surface area contributed by atoms with Crippen LogP contribution >= 0.6 is 0 Å². The summed E-state index contributed by atoms with van der Waals surface area (Å²) in [5, 5.41) is 0.0997. The van der Waals surface area contributed by atoms with E-state index in [-0.39, 0.29) is 24.2 Å². The Morgan fingerprint density at radius 3 is 2.12 bits per heavy atom. The molecule has 0 heterocycles. The minimum Gasteiger partial charge on any atom is -0.547 e. The van der Waals surface area contributed by atoms with Gasteiger partial charge in [-0.25, -0.2) is 0 Å². The molecule has 0 aromatic carbocycles. The van der Waals surface area contributed by atoms with E-state index in [9.17, 15) is 9.59 Å². The molecule has 0 aromatic rings. The van der Waals surface area contributed by atoms with Gasteiger partial charge in [-0.1, -0.05) is 20.8 Å². The Hall–Kier alpha value is -1.30. The summed E-state index contributed by atoms with van der Waals surface area (Å²) in [6.45, 7) is 15.0. The highest BCUT2D eigenvalue weighted by molar-refractivity contribution is 6.74. The number of carbonyl (C=O) groups excluding carboxylic acids is 2. The van der Waals surface area contributed by atoms with Crippen molar-refractivity contribution in [3.8, 4) is 0 Å². The Morgan fingerprint density at radius 1 is 1.16 bits per heavy atom. The number of allylic oxidation sites excluding steroid dienone is 2. The van der Waals surface area contributed by atoms with Gasteiger partial charge in [0.25, 0.3) is 0 Å². The summed E-state index contributed by atoms with van der Waals surface area (Å²) in [4.78, 5) is 24.7. The van der Waals surface area contributed by atoms with Crippen LogP contribution < -0.4 is 0 Å². The highest BCUT2D eigenvalue weighted by Gasteiger charge is 2.41. The molecule has 25 heavy (non-hydrogen) atoms. The summed E-state index contributed by atoms with van der Waals surface area (Å²) in [6.07, 6.45) is 4.46. The maximum atomic E-state index is 12.3. The summed E-state index contributed by atoms with van der Waals surface area (Å²) in [7, 11) is -1.94. The Labute approximate surface area is 153 Å². The Bertz CT molecular complexity index is 486. The molecule has 6 heteroatoms. The average molecular weight is 371 g/mol. The van der Waals surface area contributed by atoms with Crippen LogP contribution in [0.4, 0.5) is 0 Å². The predicted molar refractivity (Wildman–Crippen MR) is 100 cm³/mol. The fourth-order valence-corrected chi connectivity index (χ4v) is 3.79. The van der Waals surface area contributed by atoms with Gasteiger partial charge in [0.15, 0.2) is 5.92 Å². The molecular formula is C19H34O5Si. The third-order valence-electron chi connectivity index (χ3n) is 5.06. The second kappa shape index (κ2) is 8.88. The lowest BCUT2D eigenvalue weighted by Crippen LogP contribution is -2.41. The van der Waals surface area contributed by atoms with Gasteiger partial charge in [0.05, 0.1) is 19.0 Å². The fraction of sp³-hybridized carbons (Fsp3) is 0.789. The van der Waals surface area contributed by atoms with Crippen molar-refractivity contribution in [2.24, 2.45) is 11.8 Å². The van der Waals surface area contributed by atoms with Gasteiger partial charge >= 0.3 is 11.9 Å². The predicted octanol–water partition coefficient (Wildman–Crippen LogP) is 4.43. The maximum Gasteiger partial charge on any atom is 0.320 e. The van der Waals surface area contributed by atoms with Crippen molar-refractivity contribution in [1.29, 1.82) is 0 Å². The van der Waals surface area contributed by atoms with Gasteiger partial charge in [-0.05, 0) is 50.9 Å². The molecule has 0 saturated heterocycles. The third kappa shape index (κ3) is 5.87. The van der Waals surface area contributed by atoms with E-state index >= 15 is 0 Å². The highest BCUT2D eigenvalue weighted by atomic mass is 28.4. The minimum atomic E-state index is -1.94. The second-order valence-corrected chi connectivity index (χ2v) is 12.8. The van der Waals surface area contributed by atoms with Crippen molar-refractivity contribution in [2.75, 3.05) is 13.2 Å². The Kier molecular flexibility index (Phi) is 7.72. The van der Waals surface area contributed by atoms with E-state index in [1.807, 2.05) is 6.08 Å². The smallest absolute Gasteiger partial charge is 0.320 e. The lowest BCUT2D eigenvalue weighted by Gasteiger charge is -2.38. The first kappa shape index (κ1) is 21.7. The molecule has 1 rings (SSSR count). The number of hydrogen-bond donors (Lipinski definition) is 0. The summed E-state index contributed by atoms with van der Waals surface area (Å²) in [5.74, 6) is -1.24. The van der Waals surface area contributed by atoms with E-state index in [4.69, 9.17) is 13.9 Å². The minimum absolute atomic E-state index is 0.0997. The third-order valence-corrected chi connectivity index (χ3v) is 9.45. The first-order valence-electron chi connectivity index (χ1n) is 9.26. The normalized spacial score (nSPS) is 18.6. The molecule has 0 radical (unpaired) electrons. The van der Waals surface area contributed by atoms with E-state index in [1.54, 1.807) is 13.8 Å². The maximum absolute atomic E-state index is 12.3. The van der Waals surface area contributed by atoms with E-state index in [2.05, 4.69) is 33.9 Å². The van der Waals surface area contributed by atoms with Crippen molar-refractivity contribution in [2.45, 2.75) is 72.0 Å². The topological polar surface area (TPSA) is 61.8 Å². The average Bonchev–Trinajstić information content (AvgIpc) is 2.46. The van der Waals surface area contributed by atoms with E-state index in [0.717, 1.165) is 25.0 Å². The summed E-state index contributed by atoms with van der Waals surface area (Å²) < 4.78 is 16.6. The molecule has 144 valence electrons. The molecule has 0 aliphatic heterocycles. The molecular weight excluding hydrogens is 336 g/mol. The molecule has 0 fully saturated rings. The fourth-order valence-electron chi connectivity index (χ4n) is 2.66. The van der Waals surface area contributed by atoms with E-state index in [0.29, 0.717) is 0 Å². The quantitative estimate of drug-likeness (QED) is 0.377. The number of carbonyl (C=O) groups is 2. The van der Waals surface area contributed by atoms with Crippen LogP contribution in [0.25, 0.3) is 0 Å². The number of rotatable bonds is 7. The van der Waals surface area contributed by atoms with Gasteiger partial charge in [-0.3, -0.25) is 9.59 Å². The molecule has 1 aliphatic rings. The van der Waals surface area contributed by atoms with Crippen LogP contribution in [0.3, 0.4) is 0 Å². The number of esters is 2. The zero-order valence-corrected chi connectivity index (χ0v) is 17.8. The van der Waals surface area contributed by atoms with Crippen molar-refractivity contribution < 1.29 is 23.5 Å². The zero-order valence-electron chi connectivity index (χ0n) is 16.8. The standard InChI is InChI=1S/C19H34O5Si/c1-8-22-17(20)16(18(21)23-9-2)14-11-10-12-15(13-14)24-25(6,7)19(3,4)5/h13-14,16H,8-12H2,1-7H3. The van der Waals surface area contributed by atoms with Crippen LogP contribution in [0.2, 0.25) is 18.1 Å². The molecule has 0 saturated carbocycles. The first-order chi connectivity index (χ1) is 11.5. The van der Waals surface area contributed by atoms with Crippen molar-refractivity contribution in [3.63, 3.8) is 0 Å². The van der Waals surface area contributed by atoms with Crippen LogP contribution in [0.15, 0.2) is 11.8 Å². The van der Waals surface area contributed by atoms with Gasteiger partial charge in [-0.2, -0.15) is 0 Å². The van der Waals surface area contributed by atoms with Gasteiger partial charge in [0.1, 0.15) is 0 Å². The van der Waals surface area contributed by atoms with E-state index < -0.39 is 26.2 Å². The molecule has 0 N–H and O–H groups in total. The molecule has 0 bridgehead atoms. The van der Waals surface area contributed by atoms with Crippen LogP contribution in [0.5, 0.6) is 0 Å². The van der Waals surface area contributed by atoms with Crippen LogP contribution in [0.1, 0.15) is 53.9 Å². The van der Waals surface area contributed by atoms with Gasteiger partial charge in [0.2, 0.25) is 8.32 Å². The molecule has 1 unspecified atom stereocenters. The second-order valence-electron chi connectivity index (χ2n) is 8.03. The lowest BCUT2D eigenvalue weighted by molar-refractivity contribution is -0.163. The van der Waals surface area contributed by atoms with Crippen molar-refractivity contribution in [1.82, 2.24) is 0 Å². The number of ether oxygens (including phenoxy) is 2. The van der Waals surface area contributed by atoms with Crippen LogP contribution in [0, 0.1) is 11.8 Å². The number of hydrogen-bond acceptors (Lipinski definition) is 5. The van der Waals surface area contributed by atoms with E-state index in [1.165, 1.54) is 0 Å². The Morgan fingerprint density at radius 2 is 1.68 bits per heavy atom. The van der Waals surface area contributed by atoms with Crippen LogP contribution in [-0.2, 0) is 23.5 Å². The summed E-state index contributed by atoms with van der Waals surface area (Å²) in [5.41, 5.74) is 0. The molecule has 0 amide bonds. The SMILES string of the molecule is CCOC(=O)C(C(=O)OCC)C1C=C(O[Si](C)(C)C(C)(C)C)CCC1. The largest absolute Gasteiger partial charge is 0.547 e. The van der Waals surface area contributed by atoms with Crippen molar-refractivity contribution in [3.05, 3.63) is 11.8 Å². The molecule has 0 spiro atoms. The molecule has 1 atom stereocenters. The zero-order chi connectivity index (χ0) is 19.3. The van der Waals surface area contributed by atoms with Crippen molar-refractivity contribution >= 4 is 20.3 Å². The first-order valence-corrected chi connectivity index (χ1v) is 12.2. The molecule has 0 aromatic heterocycles. The highest BCUT2D eigenvalue weighted by Crippen LogP contribution is 2.40. The molecule has 5 nitrogen and oxygen atoms in total. The van der Waals surface area contributed by atoms with Gasteiger partial charge in [0, 0.05) is 12.3 Å². The van der Waals surface area contributed by atoms with Gasteiger partial charge < -0.3 is 13.9 Å². The van der Waals surface area contributed by atoms with Gasteiger partial charge in [-0.15, -0.1) is 0 Å².